The number of aromatic nitrogens is 1. The smallest absolute Gasteiger partial charge is 0.256 e. The number of hydrogen-bond acceptors (Lipinski definition) is 6. The molecule has 3 aromatic carbocycles. The van der Waals surface area contributed by atoms with Crippen molar-refractivity contribution in [3.63, 3.8) is 0 Å². The number of rotatable bonds is 9. The number of carbonyl (C=O) groups excluding carboxylic acids is 4. The number of hydrogen-bond donors (Lipinski definition) is 3. The number of amides is 3. The highest BCUT2D eigenvalue weighted by Gasteiger charge is 2.14. The minimum Gasteiger partial charge on any atom is -0.326 e. The molecule has 36 heavy (non-hydrogen) atoms. The van der Waals surface area contributed by atoms with Crippen LogP contribution in [-0.4, -0.2) is 29.0 Å². The Balaban J connectivity index is 1.40. The number of ketones is 1. The van der Waals surface area contributed by atoms with Crippen LogP contribution in [0.5, 0.6) is 0 Å². The van der Waals surface area contributed by atoms with Crippen molar-refractivity contribution in [3.05, 3.63) is 95.0 Å². The van der Waals surface area contributed by atoms with Crippen LogP contribution >= 0.6 is 11.3 Å². The summed E-state index contributed by atoms with van der Waals surface area (Å²) < 4.78 is 0. The van der Waals surface area contributed by atoms with Crippen LogP contribution in [0.1, 0.15) is 33.3 Å². The maximum absolute atomic E-state index is 13.0. The van der Waals surface area contributed by atoms with Crippen LogP contribution < -0.4 is 16.0 Å². The molecule has 3 N–H and O–H groups in total. The van der Waals surface area contributed by atoms with Crippen molar-refractivity contribution in [3.8, 4) is 11.1 Å². The summed E-state index contributed by atoms with van der Waals surface area (Å²) >= 11 is 1.24. The van der Waals surface area contributed by atoms with Gasteiger partial charge in [-0.15, -0.1) is 11.3 Å². The second kappa shape index (κ2) is 11.2. The van der Waals surface area contributed by atoms with E-state index in [-0.39, 0.29) is 24.0 Å². The minimum atomic E-state index is -0.277. The molecule has 0 spiro atoms. The van der Waals surface area contributed by atoms with Crippen LogP contribution in [0.2, 0.25) is 0 Å². The first kappa shape index (κ1) is 24.5. The number of nitrogens with zero attached hydrogens (tertiary/aromatic N) is 1. The van der Waals surface area contributed by atoms with Crippen molar-refractivity contribution in [2.45, 2.75) is 13.3 Å². The lowest BCUT2D eigenvalue weighted by molar-refractivity contribution is -0.115. The van der Waals surface area contributed by atoms with Crippen molar-refractivity contribution in [2.24, 2.45) is 0 Å². The van der Waals surface area contributed by atoms with Crippen molar-refractivity contribution < 1.29 is 19.2 Å². The molecule has 1 heterocycles. The lowest BCUT2D eigenvalue weighted by Gasteiger charge is -2.11. The van der Waals surface area contributed by atoms with Crippen molar-refractivity contribution in [2.75, 3.05) is 16.0 Å². The second-order valence-corrected chi connectivity index (χ2v) is 8.70. The molecule has 0 fully saturated rings. The minimum absolute atomic E-state index is 0.0172. The SMILES string of the molecule is CC(=O)c1ccc(-c2ccccc2C(=O)Nc2ccc(NC(=O)Cc3csc(NC=O)n3)cc2)cc1. The topological polar surface area (TPSA) is 117 Å². The number of thiazole rings is 1. The molecular formula is C27H22N4O4S. The average molecular weight is 499 g/mol. The fourth-order valence-corrected chi connectivity index (χ4v) is 4.20. The average Bonchev–Trinajstić information content (AvgIpc) is 3.32. The zero-order chi connectivity index (χ0) is 25.5. The van der Waals surface area contributed by atoms with E-state index in [1.54, 1.807) is 53.9 Å². The van der Waals surface area contributed by atoms with E-state index in [0.29, 0.717) is 39.7 Å². The van der Waals surface area contributed by atoms with E-state index < -0.39 is 0 Å². The molecule has 0 radical (unpaired) electrons. The lowest BCUT2D eigenvalue weighted by atomic mass is 9.97. The Kier molecular flexibility index (Phi) is 7.62. The van der Waals surface area contributed by atoms with Crippen molar-refractivity contribution in [1.82, 2.24) is 4.98 Å². The first-order valence-electron chi connectivity index (χ1n) is 11.0. The third kappa shape index (κ3) is 6.08. The second-order valence-electron chi connectivity index (χ2n) is 7.84. The molecule has 0 aliphatic heterocycles. The van der Waals surface area contributed by atoms with Crippen LogP contribution in [0.3, 0.4) is 0 Å². The van der Waals surface area contributed by atoms with Crippen LogP contribution in [-0.2, 0) is 16.0 Å². The van der Waals surface area contributed by atoms with Gasteiger partial charge in [0, 0.05) is 27.9 Å². The molecule has 4 aromatic rings. The maximum Gasteiger partial charge on any atom is 0.256 e. The van der Waals surface area contributed by atoms with Gasteiger partial charge in [-0.2, -0.15) is 0 Å². The van der Waals surface area contributed by atoms with Crippen molar-refractivity contribution >= 4 is 51.9 Å². The molecule has 9 heteroatoms. The monoisotopic (exact) mass is 498 g/mol. The molecule has 0 atom stereocenters. The van der Waals surface area contributed by atoms with E-state index in [1.807, 2.05) is 24.3 Å². The van der Waals surface area contributed by atoms with E-state index in [4.69, 9.17) is 0 Å². The molecule has 3 amide bonds. The van der Waals surface area contributed by atoms with Gasteiger partial charge in [0.2, 0.25) is 12.3 Å². The van der Waals surface area contributed by atoms with Crippen LogP contribution in [0.15, 0.2) is 78.2 Å². The molecule has 0 aliphatic rings. The highest BCUT2D eigenvalue weighted by molar-refractivity contribution is 7.13. The van der Waals surface area contributed by atoms with Gasteiger partial charge in [-0.25, -0.2) is 4.98 Å². The highest BCUT2D eigenvalue weighted by atomic mass is 32.1. The summed E-state index contributed by atoms with van der Waals surface area (Å²) in [6.45, 7) is 1.51. The highest BCUT2D eigenvalue weighted by Crippen LogP contribution is 2.25. The Morgan fingerprint density at radius 3 is 2.22 bits per heavy atom. The summed E-state index contributed by atoms with van der Waals surface area (Å²) in [7, 11) is 0. The van der Waals surface area contributed by atoms with Crippen molar-refractivity contribution in [1.29, 1.82) is 0 Å². The molecule has 0 saturated heterocycles. The third-order valence-electron chi connectivity index (χ3n) is 5.28. The maximum atomic E-state index is 13.0. The zero-order valence-corrected chi connectivity index (χ0v) is 20.1. The molecular weight excluding hydrogens is 476 g/mol. The largest absolute Gasteiger partial charge is 0.326 e. The lowest BCUT2D eigenvalue weighted by Crippen LogP contribution is -2.15. The molecule has 0 aliphatic carbocycles. The van der Waals surface area contributed by atoms with Gasteiger partial charge >= 0.3 is 0 Å². The molecule has 8 nitrogen and oxygen atoms in total. The zero-order valence-electron chi connectivity index (χ0n) is 19.3. The Morgan fingerprint density at radius 1 is 0.889 bits per heavy atom. The Labute approximate surface area is 211 Å². The number of Topliss-reactive ketones (excluding diaryl/α,β-unsaturated/α-hetero) is 1. The molecule has 4 rings (SSSR count). The first-order chi connectivity index (χ1) is 17.4. The van der Waals surface area contributed by atoms with Gasteiger partial charge in [0.1, 0.15) is 0 Å². The van der Waals surface area contributed by atoms with Crippen LogP contribution in [0, 0.1) is 0 Å². The van der Waals surface area contributed by atoms with Crippen LogP contribution in [0.4, 0.5) is 16.5 Å². The first-order valence-corrected chi connectivity index (χ1v) is 11.9. The third-order valence-corrected chi connectivity index (χ3v) is 6.10. The van der Waals surface area contributed by atoms with E-state index in [2.05, 4.69) is 20.9 Å². The van der Waals surface area contributed by atoms with E-state index in [1.165, 1.54) is 18.3 Å². The Hall–Kier alpha value is -4.63. The standard InChI is InChI=1S/C27H22N4O4S/c1-17(33)18-6-8-19(9-7-18)23-4-2-3-5-24(23)26(35)30-21-12-10-20(11-13-21)29-25(34)14-22-15-36-27(31-22)28-16-32/h2-13,15-16H,14H2,1H3,(H,29,34)(H,30,35)(H,28,31,32). The summed E-state index contributed by atoms with van der Waals surface area (Å²) in [5.41, 5.74) is 4.39. The molecule has 0 bridgehead atoms. The summed E-state index contributed by atoms with van der Waals surface area (Å²) in [5, 5.41) is 10.3. The Bertz CT molecular complexity index is 1410. The molecule has 1 aromatic heterocycles. The summed E-state index contributed by atoms with van der Waals surface area (Å²) in [6.07, 6.45) is 0.605. The molecule has 0 saturated carbocycles. The number of benzene rings is 3. The Morgan fingerprint density at radius 2 is 1.56 bits per heavy atom. The van der Waals surface area contributed by atoms with Gasteiger partial charge in [0.15, 0.2) is 10.9 Å². The summed E-state index contributed by atoms with van der Waals surface area (Å²) in [5.74, 6) is -0.544. The number of carbonyl (C=O) groups is 4. The summed E-state index contributed by atoms with van der Waals surface area (Å²) in [6, 6.07) is 21.2. The predicted molar refractivity (Wildman–Crippen MR) is 140 cm³/mol. The van der Waals surface area contributed by atoms with E-state index in [9.17, 15) is 19.2 Å². The molecule has 0 unspecified atom stereocenters. The van der Waals surface area contributed by atoms with Gasteiger partial charge in [0.25, 0.3) is 5.91 Å². The van der Waals surface area contributed by atoms with Gasteiger partial charge in [-0.3, -0.25) is 19.2 Å². The van der Waals surface area contributed by atoms with Gasteiger partial charge in [0.05, 0.1) is 12.1 Å². The quantitative estimate of drug-likeness (QED) is 0.221. The van der Waals surface area contributed by atoms with Gasteiger partial charge in [-0.1, -0.05) is 42.5 Å². The normalized spacial score (nSPS) is 10.4. The number of anilines is 3. The number of nitrogens with one attached hydrogen (secondary N) is 3. The van der Waals surface area contributed by atoms with E-state index in [0.717, 1.165) is 11.1 Å². The predicted octanol–water partition coefficient (Wildman–Crippen LogP) is 5.01. The van der Waals surface area contributed by atoms with Gasteiger partial charge < -0.3 is 16.0 Å². The van der Waals surface area contributed by atoms with E-state index >= 15 is 0 Å². The molecule has 180 valence electrons. The van der Waals surface area contributed by atoms with Crippen LogP contribution in [0.25, 0.3) is 11.1 Å². The fraction of sp³-hybridized carbons (Fsp3) is 0.0741. The van der Waals surface area contributed by atoms with Gasteiger partial charge in [-0.05, 0) is 48.4 Å². The summed E-state index contributed by atoms with van der Waals surface area (Å²) in [4.78, 5) is 51.5. The fourth-order valence-electron chi connectivity index (χ4n) is 3.53.